The van der Waals surface area contributed by atoms with Crippen molar-refractivity contribution in [1.29, 1.82) is 0 Å². The van der Waals surface area contributed by atoms with Gasteiger partial charge in [0.15, 0.2) is 0 Å². The van der Waals surface area contributed by atoms with Crippen molar-refractivity contribution in [3.63, 3.8) is 0 Å². The van der Waals surface area contributed by atoms with Crippen molar-refractivity contribution in [2.24, 2.45) is 17.6 Å². The lowest BCUT2D eigenvalue weighted by atomic mass is 9.74. The molecule has 0 saturated heterocycles. The summed E-state index contributed by atoms with van der Waals surface area (Å²) in [5, 5.41) is 0. The van der Waals surface area contributed by atoms with E-state index in [4.69, 9.17) is 5.73 Å². The van der Waals surface area contributed by atoms with E-state index in [9.17, 15) is 0 Å². The van der Waals surface area contributed by atoms with Crippen molar-refractivity contribution in [2.75, 3.05) is 19.6 Å². The Balaban J connectivity index is 2.61. The van der Waals surface area contributed by atoms with E-state index in [1.165, 1.54) is 45.1 Å². The second kappa shape index (κ2) is 7.49. The molecule has 1 saturated carbocycles. The first-order valence-electron chi connectivity index (χ1n) is 8.03. The quantitative estimate of drug-likeness (QED) is 0.751. The first-order chi connectivity index (χ1) is 8.57. The highest BCUT2D eigenvalue weighted by Gasteiger charge is 2.37. The summed E-state index contributed by atoms with van der Waals surface area (Å²) >= 11 is 0. The summed E-state index contributed by atoms with van der Waals surface area (Å²) in [7, 11) is 0. The lowest BCUT2D eigenvalue weighted by Crippen LogP contribution is -2.56. The molecule has 0 spiro atoms. The van der Waals surface area contributed by atoms with Crippen LogP contribution in [-0.4, -0.2) is 30.1 Å². The fourth-order valence-corrected chi connectivity index (χ4v) is 3.42. The molecule has 18 heavy (non-hydrogen) atoms. The zero-order chi connectivity index (χ0) is 13.6. The number of nitrogens with two attached hydrogens (primary N) is 1. The van der Waals surface area contributed by atoms with E-state index >= 15 is 0 Å². The molecule has 0 aliphatic heterocycles. The van der Waals surface area contributed by atoms with Gasteiger partial charge in [-0.3, -0.25) is 4.90 Å². The Morgan fingerprint density at radius 1 is 1.22 bits per heavy atom. The second-order valence-electron chi connectivity index (χ2n) is 6.54. The minimum absolute atomic E-state index is 0.315. The second-order valence-corrected chi connectivity index (χ2v) is 6.54. The van der Waals surface area contributed by atoms with E-state index in [1.54, 1.807) is 0 Å². The summed E-state index contributed by atoms with van der Waals surface area (Å²) in [4.78, 5) is 2.68. The van der Waals surface area contributed by atoms with E-state index in [-0.39, 0.29) is 0 Å². The molecule has 0 aromatic heterocycles. The van der Waals surface area contributed by atoms with Crippen molar-refractivity contribution >= 4 is 0 Å². The van der Waals surface area contributed by atoms with Gasteiger partial charge in [-0.05, 0) is 57.0 Å². The molecule has 0 atom stereocenters. The van der Waals surface area contributed by atoms with Crippen LogP contribution < -0.4 is 5.73 Å². The van der Waals surface area contributed by atoms with E-state index < -0.39 is 0 Å². The molecule has 2 heteroatoms. The van der Waals surface area contributed by atoms with Crippen LogP contribution in [0.3, 0.4) is 0 Å². The average Bonchev–Trinajstić information content (AvgIpc) is 2.39. The van der Waals surface area contributed by atoms with Gasteiger partial charge < -0.3 is 5.73 Å². The molecule has 0 amide bonds. The van der Waals surface area contributed by atoms with Gasteiger partial charge in [0, 0.05) is 12.1 Å². The highest BCUT2D eigenvalue weighted by molar-refractivity contribution is 4.95. The summed E-state index contributed by atoms with van der Waals surface area (Å²) in [5.41, 5.74) is 6.48. The van der Waals surface area contributed by atoms with Crippen LogP contribution in [-0.2, 0) is 0 Å². The fraction of sp³-hybridized carbons (Fsp3) is 1.00. The lowest BCUT2D eigenvalue weighted by molar-refractivity contribution is 0.0423. The van der Waals surface area contributed by atoms with Gasteiger partial charge in [0.2, 0.25) is 0 Å². The third-order valence-electron chi connectivity index (χ3n) is 5.02. The van der Waals surface area contributed by atoms with Crippen LogP contribution in [0.1, 0.15) is 66.2 Å². The van der Waals surface area contributed by atoms with Crippen LogP contribution in [0.25, 0.3) is 0 Å². The summed E-state index contributed by atoms with van der Waals surface area (Å²) in [5.74, 6) is 1.74. The monoisotopic (exact) mass is 254 g/mol. The van der Waals surface area contributed by atoms with E-state index in [1.807, 2.05) is 0 Å². The maximum absolute atomic E-state index is 6.17. The Morgan fingerprint density at radius 2 is 1.83 bits per heavy atom. The molecular weight excluding hydrogens is 220 g/mol. The maximum Gasteiger partial charge on any atom is 0.0331 e. The Morgan fingerprint density at radius 3 is 2.22 bits per heavy atom. The number of likely N-dealkylation sites (N-methyl/N-ethyl adjacent to an activating group) is 1. The van der Waals surface area contributed by atoms with Gasteiger partial charge in [0.1, 0.15) is 0 Å². The van der Waals surface area contributed by atoms with Crippen molar-refractivity contribution in [3.05, 3.63) is 0 Å². The van der Waals surface area contributed by atoms with Crippen LogP contribution in [0.4, 0.5) is 0 Å². The van der Waals surface area contributed by atoms with Crippen molar-refractivity contribution < 1.29 is 0 Å². The Kier molecular flexibility index (Phi) is 6.65. The van der Waals surface area contributed by atoms with Gasteiger partial charge in [-0.2, -0.15) is 0 Å². The van der Waals surface area contributed by atoms with Crippen LogP contribution in [0.5, 0.6) is 0 Å². The molecule has 108 valence electrons. The third kappa shape index (κ3) is 3.96. The molecule has 0 unspecified atom stereocenters. The van der Waals surface area contributed by atoms with Gasteiger partial charge in [-0.15, -0.1) is 0 Å². The smallest absolute Gasteiger partial charge is 0.0331 e. The molecule has 0 bridgehead atoms. The maximum atomic E-state index is 6.17. The SMILES string of the molecule is CCC1CCC(CN)(N(CC)CCC(C)C)CC1. The summed E-state index contributed by atoms with van der Waals surface area (Å²) in [6.45, 7) is 12.5. The third-order valence-corrected chi connectivity index (χ3v) is 5.02. The molecule has 1 rings (SSSR count). The molecule has 2 nitrogen and oxygen atoms in total. The summed E-state index contributed by atoms with van der Waals surface area (Å²) < 4.78 is 0. The highest BCUT2D eigenvalue weighted by Crippen LogP contribution is 2.37. The Labute approximate surface area is 114 Å². The zero-order valence-corrected chi connectivity index (χ0v) is 13.0. The molecule has 0 heterocycles. The van der Waals surface area contributed by atoms with E-state index in [0.29, 0.717) is 5.54 Å². The van der Waals surface area contributed by atoms with Crippen LogP contribution in [0.15, 0.2) is 0 Å². The average molecular weight is 254 g/mol. The molecule has 1 fully saturated rings. The van der Waals surface area contributed by atoms with Gasteiger partial charge >= 0.3 is 0 Å². The minimum Gasteiger partial charge on any atom is -0.329 e. The minimum atomic E-state index is 0.315. The largest absolute Gasteiger partial charge is 0.329 e. The van der Waals surface area contributed by atoms with Gasteiger partial charge in [-0.1, -0.05) is 34.1 Å². The first kappa shape index (κ1) is 16.0. The first-order valence-corrected chi connectivity index (χ1v) is 8.03. The van der Waals surface area contributed by atoms with Gasteiger partial charge in [0.25, 0.3) is 0 Å². The fourth-order valence-electron chi connectivity index (χ4n) is 3.42. The number of hydrogen-bond donors (Lipinski definition) is 1. The van der Waals surface area contributed by atoms with Crippen LogP contribution in [0.2, 0.25) is 0 Å². The molecular formula is C16H34N2. The van der Waals surface area contributed by atoms with E-state index in [2.05, 4.69) is 32.6 Å². The van der Waals surface area contributed by atoms with Crippen molar-refractivity contribution in [1.82, 2.24) is 4.90 Å². The van der Waals surface area contributed by atoms with Crippen LogP contribution in [0, 0.1) is 11.8 Å². The zero-order valence-electron chi connectivity index (χ0n) is 13.0. The normalized spacial score (nSPS) is 29.2. The predicted molar refractivity (Wildman–Crippen MR) is 80.7 cm³/mol. The number of rotatable bonds is 7. The molecule has 0 aromatic carbocycles. The number of nitrogens with zero attached hydrogens (tertiary/aromatic N) is 1. The Hall–Kier alpha value is -0.0800. The van der Waals surface area contributed by atoms with E-state index in [0.717, 1.165) is 24.9 Å². The highest BCUT2D eigenvalue weighted by atomic mass is 15.2. The van der Waals surface area contributed by atoms with Crippen molar-refractivity contribution in [2.45, 2.75) is 71.8 Å². The van der Waals surface area contributed by atoms with Crippen molar-refractivity contribution in [3.8, 4) is 0 Å². The van der Waals surface area contributed by atoms with Crippen LogP contribution >= 0.6 is 0 Å². The molecule has 2 N–H and O–H groups in total. The topological polar surface area (TPSA) is 29.3 Å². The Bertz CT molecular complexity index is 217. The standard InChI is InChI=1S/C16H34N2/c1-5-15-7-10-16(13-17,11-8-15)18(6-2)12-9-14(3)4/h14-15H,5-13,17H2,1-4H3. The molecule has 1 aliphatic rings. The predicted octanol–water partition coefficient (Wildman–Crippen LogP) is 3.65. The number of hydrogen-bond acceptors (Lipinski definition) is 2. The molecule has 0 aromatic rings. The summed E-state index contributed by atoms with van der Waals surface area (Å²) in [6, 6.07) is 0. The van der Waals surface area contributed by atoms with Gasteiger partial charge in [0.05, 0.1) is 0 Å². The van der Waals surface area contributed by atoms with Gasteiger partial charge in [-0.25, -0.2) is 0 Å². The molecule has 0 radical (unpaired) electrons. The summed E-state index contributed by atoms with van der Waals surface area (Å²) in [6.07, 6.45) is 8.03. The molecule has 1 aliphatic carbocycles. The lowest BCUT2D eigenvalue weighted by Gasteiger charge is -2.47.